The van der Waals surface area contributed by atoms with Crippen LogP contribution in [-0.2, 0) is 9.59 Å². The van der Waals surface area contributed by atoms with E-state index in [1.54, 1.807) is 36.0 Å². The van der Waals surface area contributed by atoms with Gasteiger partial charge in [-0.15, -0.1) is 0 Å². The van der Waals surface area contributed by atoms with Crippen LogP contribution in [0.4, 0.5) is 31.9 Å². The second-order valence-corrected chi connectivity index (χ2v) is 15.8. The molecule has 16 nitrogen and oxygen atoms in total. The van der Waals surface area contributed by atoms with Gasteiger partial charge in [-0.25, -0.2) is 18.7 Å². The Kier molecular flexibility index (Phi) is 8.32. The van der Waals surface area contributed by atoms with Crippen molar-refractivity contribution in [1.82, 2.24) is 34.6 Å². The maximum Gasteiger partial charge on any atom is 0.265 e. The lowest BCUT2D eigenvalue weighted by Crippen LogP contribution is -2.54. The molecule has 4 aliphatic heterocycles. The first-order valence-electron chi connectivity index (χ1n) is 24.1. The summed E-state index contributed by atoms with van der Waals surface area (Å²) in [7, 11) is 0. The van der Waals surface area contributed by atoms with Gasteiger partial charge in [0, 0.05) is 75.2 Å². The lowest BCUT2D eigenvalue weighted by molar-refractivity contribution is -0.136. The molecule has 3 aromatic heterocycles. The van der Waals surface area contributed by atoms with E-state index < -0.39 is 96.6 Å². The molecule has 2 N–H and O–H groups in total. The molecule has 1 saturated carbocycles. The zero-order valence-corrected chi connectivity index (χ0v) is 33.2. The number of benzene rings is 1. The first-order valence-corrected chi connectivity index (χ1v) is 20.1. The van der Waals surface area contributed by atoms with E-state index in [1.807, 2.05) is 10.2 Å². The molecule has 9 rings (SSSR count). The van der Waals surface area contributed by atoms with Crippen LogP contribution in [0.2, 0.25) is 0 Å². The van der Waals surface area contributed by atoms with Gasteiger partial charge >= 0.3 is 0 Å². The Morgan fingerprint density at radius 2 is 1.66 bits per heavy atom. The lowest BCUT2D eigenvalue weighted by Gasteiger charge is -2.40. The number of piperazine rings is 1. The summed E-state index contributed by atoms with van der Waals surface area (Å²) in [4.78, 5) is 93.4. The number of rotatable bonds is 9. The highest BCUT2D eigenvalue weighted by Crippen LogP contribution is 2.36. The molecular formula is C43H46F2N10O6. The average molecular weight is 845 g/mol. The largest absolute Gasteiger partial charge is 0.370 e. The highest BCUT2D eigenvalue weighted by Gasteiger charge is 2.47. The van der Waals surface area contributed by atoms with Crippen molar-refractivity contribution in [2.24, 2.45) is 5.92 Å². The summed E-state index contributed by atoms with van der Waals surface area (Å²) in [6, 6.07) is 2.26. The van der Waals surface area contributed by atoms with E-state index in [4.69, 9.17) is 16.0 Å². The zero-order valence-electron chi connectivity index (χ0n) is 41.2. The number of imide groups is 2. The Morgan fingerprint density at radius 1 is 0.918 bits per heavy atom. The maximum atomic E-state index is 16.1. The summed E-state index contributed by atoms with van der Waals surface area (Å²) >= 11 is 0. The Morgan fingerprint density at radius 3 is 2.33 bits per heavy atom. The van der Waals surface area contributed by atoms with Crippen LogP contribution in [0.25, 0.3) is 11.0 Å². The number of pyridine rings is 2. The SMILES string of the molecule is [2H]C1([2H])N(CC2CCN(c3ccc(Nc4ncc5c(C)c(C(C)=O)c(=O)n(C6CCCC6)c5n4)nc3)CC2)C([2H])([2H])C([2H])([2H])N(c2cc3c(c(F)c2F)C(=O)N(C2CCC(=O)NC2=O)C3=O)C1([2H])[2H]. The topological polar surface area (TPSA) is 183 Å². The summed E-state index contributed by atoms with van der Waals surface area (Å²) < 4.78 is 105. The fourth-order valence-corrected chi connectivity index (χ4v) is 8.90. The number of nitrogens with one attached hydrogen (secondary N) is 2. The number of halogens is 2. The van der Waals surface area contributed by atoms with Gasteiger partial charge in [-0.2, -0.15) is 4.98 Å². The molecule has 1 atom stereocenters. The molecular weight excluding hydrogens is 791 g/mol. The molecule has 7 heterocycles. The monoisotopic (exact) mass is 844 g/mol. The molecule has 1 aromatic carbocycles. The predicted molar refractivity (Wildman–Crippen MR) is 220 cm³/mol. The fourth-order valence-electron chi connectivity index (χ4n) is 8.90. The molecule has 0 bridgehead atoms. The normalized spacial score (nSPS) is 25.8. The van der Waals surface area contributed by atoms with Crippen molar-refractivity contribution < 1.29 is 43.7 Å². The first kappa shape index (κ1) is 31.7. The minimum absolute atomic E-state index is 0.101. The van der Waals surface area contributed by atoms with Crippen LogP contribution in [0.1, 0.15) is 112 Å². The van der Waals surface area contributed by atoms with Crippen LogP contribution in [-0.4, -0.2) is 110 Å². The third-order valence-corrected chi connectivity index (χ3v) is 12.1. The number of nitrogens with zero attached hydrogens (tertiary/aromatic N) is 8. The summed E-state index contributed by atoms with van der Waals surface area (Å²) in [5.74, 6) is -8.85. The summed E-state index contributed by atoms with van der Waals surface area (Å²) in [5.41, 5.74) is -2.02. The van der Waals surface area contributed by atoms with Gasteiger partial charge in [0.1, 0.15) is 17.5 Å². The van der Waals surface area contributed by atoms with Crippen molar-refractivity contribution in [3.05, 3.63) is 74.8 Å². The Hall–Kier alpha value is -6.17. The number of carbonyl (C=O) groups is 5. The van der Waals surface area contributed by atoms with Gasteiger partial charge in [0.25, 0.3) is 17.4 Å². The standard InChI is InChI=1S/C43H46F2N10O6/c1-23-29-21-47-43(50-38(29)54(26-5-3-4-6-26)41(60)34(23)24(2)56)48-32-9-7-27(20-46-32)52-13-11-25(12-14-52)22-51-15-17-53(18-16-51)31-19-28-35(37(45)36(31)44)42(61)55(40(28)59)30-8-10-33(57)49-39(30)58/h7,9,19-21,25-26,30H,3-6,8,10-18,22H2,1-2H3,(H,49,57,58)(H,46,47,48,50)/i15D2,16D2,17D2,18D2. The molecule has 4 amide bonds. The molecule has 1 unspecified atom stereocenters. The number of amides is 4. The van der Waals surface area contributed by atoms with Gasteiger partial charge in [-0.3, -0.25) is 48.5 Å². The lowest BCUT2D eigenvalue weighted by atomic mass is 9.95. The smallest absolute Gasteiger partial charge is 0.265 e. The van der Waals surface area contributed by atoms with Crippen LogP contribution in [0.3, 0.4) is 0 Å². The highest BCUT2D eigenvalue weighted by atomic mass is 19.2. The van der Waals surface area contributed by atoms with Gasteiger partial charge in [0.15, 0.2) is 17.4 Å². The summed E-state index contributed by atoms with van der Waals surface area (Å²) in [6.45, 7) is -10.9. The zero-order chi connectivity index (χ0) is 49.9. The third-order valence-electron chi connectivity index (χ3n) is 12.1. The van der Waals surface area contributed by atoms with Crippen LogP contribution >= 0.6 is 0 Å². The number of aromatic nitrogens is 4. The minimum Gasteiger partial charge on any atom is -0.370 e. The second-order valence-electron chi connectivity index (χ2n) is 15.8. The maximum absolute atomic E-state index is 16.1. The Bertz CT molecular complexity index is 2900. The molecule has 318 valence electrons. The quantitative estimate of drug-likeness (QED) is 0.180. The van der Waals surface area contributed by atoms with Crippen molar-refractivity contribution in [2.45, 2.75) is 77.3 Å². The van der Waals surface area contributed by atoms with Gasteiger partial charge in [0.05, 0.1) is 39.7 Å². The molecule has 0 radical (unpaired) electrons. The van der Waals surface area contributed by atoms with Crippen molar-refractivity contribution in [3.8, 4) is 0 Å². The van der Waals surface area contributed by atoms with E-state index in [-0.39, 0.29) is 46.6 Å². The number of carbonyl (C=O) groups excluding carboxylic acids is 5. The number of anilines is 4. The predicted octanol–water partition coefficient (Wildman–Crippen LogP) is 4.27. The Balaban J connectivity index is 0.901. The molecule has 3 saturated heterocycles. The van der Waals surface area contributed by atoms with E-state index >= 15 is 8.78 Å². The highest BCUT2D eigenvalue weighted by molar-refractivity contribution is 6.24. The molecule has 4 aromatic rings. The van der Waals surface area contributed by atoms with Crippen molar-refractivity contribution >= 4 is 63.6 Å². The molecule has 4 fully saturated rings. The third kappa shape index (κ3) is 7.29. The number of piperidine rings is 2. The molecule has 18 heteroatoms. The number of aryl methyl sites for hydroxylation is 1. The first-order chi connectivity index (χ1) is 32.4. The average Bonchev–Trinajstić information content (AvgIpc) is 3.90. The number of fused-ring (bicyclic) bond motifs is 2. The van der Waals surface area contributed by atoms with E-state index in [0.29, 0.717) is 69.9 Å². The van der Waals surface area contributed by atoms with Crippen molar-refractivity contribution in [1.29, 1.82) is 0 Å². The number of hydrogen-bond donors (Lipinski definition) is 2. The van der Waals surface area contributed by atoms with Crippen molar-refractivity contribution in [3.63, 3.8) is 0 Å². The van der Waals surface area contributed by atoms with E-state index in [9.17, 15) is 28.8 Å². The molecule has 61 heavy (non-hydrogen) atoms. The van der Waals surface area contributed by atoms with Gasteiger partial charge in [-0.05, 0) is 75.6 Å². The van der Waals surface area contributed by atoms with Crippen LogP contribution in [0.5, 0.6) is 0 Å². The van der Waals surface area contributed by atoms with Crippen LogP contribution < -0.4 is 26.0 Å². The number of ketones is 1. The Labute approximate surface area is 360 Å². The van der Waals surface area contributed by atoms with E-state index in [2.05, 4.69) is 15.3 Å². The summed E-state index contributed by atoms with van der Waals surface area (Å²) in [6.07, 6.45) is 6.70. The van der Waals surface area contributed by atoms with Gasteiger partial charge in [0.2, 0.25) is 17.8 Å². The van der Waals surface area contributed by atoms with Crippen LogP contribution in [0, 0.1) is 24.5 Å². The van der Waals surface area contributed by atoms with Crippen molar-refractivity contribution in [2.75, 3.05) is 60.7 Å². The van der Waals surface area contributed by atoms with Gasteiger partial charge < -0.3 is 15.1 Å². The molecule has 5 aliphatic rings. The number of hydrogen-bond acceptors (Lipinski definition) is 13. The molecule has 0 spiro atoms. The fraction of sp³-hybridized carbons (Fsp3) is 0.465. The van der Waals surface area contributed by atoms with E-state index in [1.165, 1.54) is 6.92 Å². The molecule has 1 aliphatic carbocycles. The van der Waals surface area contributed by atoms with Gasteiger partial charge in [-0.1, -0.05) is 12.8 Å². The minimum atomic E-state index is -3.66. The van der Waals surface area contributed by atoms with Crippen LogP contribution in [0.15, 0.2) is 35.4 Å². The second kappa shape index (κ2) is 16.0. The number of Topliss-reactive ketones (excluding diaryl/α,β-unsaturated/α-hetero) is 1. The summed E-state index contributed by atoms with van der Waals surface area (Å²) in [5, 5.41) is 5.64. The van der Waals surface area contributed by atoms with E-state index in [0.717, 1.165) is 25.7 Å².